The standard InChI is InChI=1S/C7H6BO/c9-6-8-7-4-2-1-3-5-7/h1-5,8H. The zero-order valence-electron chi connectivity index (χ0n) is 5.00. The van der Waals surface area contributed by atoms with Gasteiger partial charge >= 0.3 is 0 Å². The summed E-state index contributed by atoms with van der Waals surface area (Å²) < 4.78 is 0. The normalized spacial score (nSPS) is 8.44. The van der Waals surface area contributed by atoms with Crippen molar-refractivity contribution >= 4 is 18.9 Å². The molecule has 9 heavy (non-hydrogen) atoms. The van der Waals surface area contributed by atoms with E-state index in [0.29, 0.717) is 7.28 Å². The van der Waals surface area contributed by atoms with E-state index in [1.165, 1.54) is 0 Å². The minimum absolute atomic E-state index is 0.404. The van der Waals surface area contributed by atoms with Gasteiger partial charge in [0.2, 0.25) is 7.28 Å². The molecule has 1 nitrogen and oxygen atoms in total. The molecule has 0 saturated heterocycles. The van der Waals surface area contributed by atoms with Crippen molar-refractivity contribution in [1.29, 1.82) is 0 Å². The van der Waals surface area contributed by atoms with Gasteiger partial charge in [0.05, 0.1) is 0 Å². The molecule has 0 fully saturated rings. The molecule has 2 heteroatoms. The molecule has 1 rings (SSSR count). The number of hydrogen-bond donors (Lipinski definition) is 0. The van der Waals surface area contributed by atoms with Crippen LogP contribution in [0.5, 0.6) is 0 Å². The third-order valence-electron chi connectivity index (χ3n) is 1.12. The highest BCUT2D eigenvalue weighted by atomic mass is 16.1. The molecular weight excluding hydrogens is 111 g/mol. The average molecular weight is 117 g/mol. The second-order valence-corrected chi connectivity index (χ2v) is 1.81. The maximum absolute atomic E-state index is 9.85. The molecule has 0 aliphatic rings. The molecule has 1 aromatic carbocycles. The van der Waals surface area contributed by atoms with E-state index in [0.717, 1.165) is 5.46 Å². The van der Waals surface area contributed by atoms with Crippen LogP contribution in [0.2, 0.25) is 0 Å². The van der Waals surface area contributed by atoms with Crippen LogP contribution in [-0.2, 0) is 4.79 Å². The number of benzene rings is 1. The Kier molecular flexibility index (Phi) is 2.08. The molecule has 43 valence electrons. The first kappa shape index (κ1) is 6.08. The topological polar surface area (TPSA) is 17.1 Å². The molecule has 0 amide bonds. The number of carbonyl (C=O) groups excluding carboxylic acids is 1. The van der Waals surface area contributed by atoms with Gasteiger partial charge in [-0.2, -0.15) is 0 Å². The minimum Gasteiger partial charge on any atom is -0.304 e. The van der Waals surface area contributed by atoms with Gasteiger partial charge in [-0.25, -0.2) is 0 Å². The van der Waals surface area contributed by atoms with E-state index < -0.39 is 0 Å². The van der Waals surface area contributed by atoms with Crippen molar-refractivity contribution in [2.24, 2.45) is 0 Å². The van der Waals surface area contributed by atoms with Crippen LogP contribution in [0.25, 0.3) is 0 Å². The highest BCUT2D eigenvalue weighted by Gasteiger charge is 1.89. The number of hydrogen-bond acceptors (Lipinski definition) is 1. The lowest BCUT2D eigenvalue weighted by molar-refractivity contribution is 0.568. The average Bonchev–Trinajstić information content (AvgIpc) is 1.91. The smallest absolute Gasteiger partial charge is 0.248 e. The van der Waals surface area contributed by atoms with Gasteiger partial charge in [-0.15, -0.1) is 0 Å². The molecule has 0 atom stereocenters. The summed E-state index contributed by atoms with van der Waals surface area (Å²) in [7, 11) is 0.404. The van der Waals surface area contributed by atoms with Crippen molar-refractivity contribution < 1.29 is 4.79 Å². The molecule has 1 radical (unpaired) electrons. The van der Waals surface area contributed by atoms with Gasteiger partial charge in [-0.3, -0.25) is 0 Å². The molecule has 0 spiro atoms. The highest BCUT2D eigenvalue weighted by molar-refractivity contribution is 6.78. The zero-order chi connectivity index (χ0) is 6.53. The van der Waals surface area contributed by atoms with E-state index in [4.69, 9.17) is 0 Å². The summed E-state index contributed by atoms with van der Waals surface area (Å²) in [5.74, 6) is 0. The molecule has 0 aromatic heterocycles. The lowest BCUT2D eigenvalue weighted by atomic mass is 9.73. The number of rotatable bonds is 2. The Balaban J connectivity index is 2.72. The maximum Gasteiger partial charge on any atom is 0.248 e. The molecule has 0 heterocycles. The van der Waals surface area contributed by atoms with Crippen molar-refractivity contribution in [2.75, 3.05) is 0 Å². The first-order valence-electron chi connectivity index (χ1n) is 2.82. The summed E-state index contributed by atoms with van der Waals surface area (Å²) in [4.78, 5) is 9.85. The van der Waals surface area contributed by atoms with Gasteiger partial charge in [0.15, 0.2) is 0 Å². The zero-order valence-corrected chi connectivity index (χ0v) is 5.00. The Bertz CT molecular complexity index is 183. The highest BCUT2D eigenvalue weighted by Crippen LogP contribution is 1.78. The predicted octanol–water partition coefficient (Wildman–Crippen LogP) is -0.184. The summed E-state index contributed by atoms with van der Waals surface area (Å²) in [6.07, 6.45) is 1.83. The monoisotopic (exact) mass is 117 g/mol. The molecule has 0 N–H and O–H groups in total. The Morgan fingerprint density at radius 3 is 2.44 bits per heavy atom. The third kappa shape index (κ3) is 1.72. The van der Waals surface area contributed by atoms with Gasteiger partial charge in [0.1, 0.15) is 6.19 Å². The summed E-state index contributed by atoms with van der Waals surface area (Å²) in [6, 6.07) is 9.56. The largest absolute Gasteiger partial charge is 0.304 e. The van der Waals surface area contributed by atoms with Crippen LogP contribution in [0.4, 0.5) is 0 Å². The molecule has 0 aliphatic carbocycles. The van der Waals surface area contributed by atoms with Crippen molar-refractivity contribution in [1.82, 2.24) is 0 Å². The molecule has 0 aliphatic heterocycles. The van der Waals surface area contributed by atoms with E-state index >= 15 is 0 Å². The van der Waals surface area contributed by atoms with Crippen LogP contribution in [0.1, 0.15) is 0 Å². The van der Waals surface area contributed by atoms with E-state index in [2.05, 4.69) is 0 Å². The fourth-order valence-corrected chi connectivity index (χ4v) is 0.679. The van der Waals surface area contributed by atoms with Crippen LogP contribution in [-0.4, -0.2) is 13.5 Å². The van der Waals surface area contributed by atoms with Gasteiger partial charge in [0, 0.05) is 0 Å². The first-order valence-corrected chi connectivity index (χ1v) is 2.82. The van der Waals surface area contributed by atoms with Crippen molar-refractivity contribution in [3.63, 3.8) is 0 Å². The third-order valence-corrected chi connectivity index (χ3v) is 1.12. The maximum atomic E-state index is 9.85. The lowest BCUT2D eigenvalue weighted by Crippen LogP contribution is -2.13. The van der Waals surface area contributed by atoms with Gasteiger partial charge < -0.3 is 4.79 Å². The van der Waals surface area contributed by atoms with Crippen molar-refractivity contribution in [3.8, 4) is 0 Å². The minimum atomic E-state index is 0.404. The van der Waals surface area contributed by atoms with Crippen LogP contribution in [0.3, 0.4) is 0 Å². The Morgan fingerprint density at radius 1 is 1.22 bits per heavy atom. The van der Waals surface area contributed by atoms with E-state index in [9.17, 15) is 4.79 Å². The van der Waals surface area contributed by atoms with Gasteiger partial charge in [0.25, 0.3) is 0 Å². The fraction of sp³-hybridized carbons (Fsp3) is 0. The molecule has 1 aromatic rings. The Morgan fingerprint density at radius 2 is 1.89 bits per heavy atom. The summed E-state index contributed by atoms with van der Waals surface area (Å²) >= 11 is 0. The van der Waals surface area contributed by atoms with Crippen LogP contribution in [0, 0.1) is 0 Å². The Hall–Kier alpha value is -1.05. The molecule has 0 saturated carbocycles. The van der Waals surface area contributed by atoms with Crippen LogP contribution >= 0.6 is 0 Å². The molecular formula is C7H6BO. The van der Waals surface area contributed by atoms with E-state index in [1.54, 1.807) is 0 Å². The first-order chi connectivity index (χ1) is 4.43. The molecule has 0 unspecified atom stereocenters. The summed E-state index contributed by atoms with van der Waals surface area (Å²) in [5, 5.41) is 0. The van der Waals surface area contributed by atoms with Gasteiger partial charge in [-0.1, -0.05) is 35.8 Å². The van der Waals surface area contributed by atoms with Crippen LogP contribution < -0.4 is 5.46 Å². The fourth-order valence-electron chi connectivity index (χ4n) is 0.679. The van der Waals surface area contributed by atoms with E-state index in [-0.39, 0.29) is 0 Å². The quantitative estimate of drug-likeness (QED) is 0.491. The summed E-state index contributed by atoms with van der Waals surface area (Å²) in [6.45, 7) is 0. The van der Waals surface area contributed by atoms with Crippen molar-refractivity contribution in [2.45, 2.75) is 0 Å². The van der Waals surface area contributed by atoms with Gasteiger partial charge in [-0.05, 0) is 0 Å². The second-order valence-electron chi connectivity index (χ2n) is 1.81. The Labute approximate surface area is 54.9 Å². The predicted molar refractivity (Wildman–Crippen MR) is 38.9 cm³/mol. The SMILES string of the molecule is O=[C]Bc1ccccc1. The van der Waals surface area contributed by atoms with Crippen LogP contribution in [0.15, 0.2) is 30.3 Å². The van der Waals surface area contributed by atoms with Crippen molar-refractivity contribution in [3.05, 3.63) is 30.3 Å². The molecule has 0 bridgehead atoms. The van der Waals surface area contributed by atoms with E-state index in [1.807, 2.05) is 36.5 Å². The summed E-state index contributed by atoms with van der Waals surface area (Å²) in [5.41, 5.74) is 1.02. The second kappa shape index (κ2) is 3.08. The lowest BCUT2D eigenvalue weighted by Gasteiger charge is -1.87.